The van der Waals surface area contributed by atoms with Crippen molar-refractivity contribution in [2.45, 2.75) is 86.0 Å². The molecule has 0 aromatic heterocycles. The van der Waals surface area contributed by atoms with E-state index >= 15 is 0 Å². The average Bonchev–Trinajstić information content (AvgIpc) is 2.25. The minimum absolute atomic E-state index is 0.621. The Bertz CT molecular complexity index is 125. The van der Waals surface area contributed by atoms with Gasteiger partial charge in [-0.2, -0.15) is 0 Å². The molecular weight excluding hydrogens is 180 g/mol. The fraction of sp³-hybridized carbons (Fsp3) is 1.00. The molecule has 92 valence electrons. The van der Waals surface area contributed by atoms with Crippen molar-refractivity contribution in [2.24, 2.45) is 11.3 Å². The molecule has 0 fully saturated rings. The summed E-state index contributed by atoms with van der Waals surface area (Å²) in [6.07, 6.45) is 11.1. The highest BCUT2D eigenvalue weighted by Crippen LogP contribution is 2.41. The molecule has 0 saturated carbocycles. The van der Waals surface area contributed by atoms with Gasteiger partial charge in [-0.3, -0.25) is 0 Å². The van der Waals surface area contributed by atoms with Gasteiger partial charge in [0.1, 0.15) is 0 Å². The summed E-state index contributed by atoms with van der Waals surface area (Å²) in [4.78, 5) is 0. The molecular formula is C15H32. The van der Waals surface area contributed by atoms with Crippen LogP contribution in [-0.2, 0) is 0 Å². The standard InChI is InChI=1S/C15H32/c1-6-10-12-15(5,13-11-7-2)14(8-3)9-4/h14H,6-13H2,1-5H3. The Morgan fingerprint density at radius 2 is 1.20 bits per heavy atom. The van der Waals surface area contributed by atoms with Crippen LogP contribution in [0.1, 0.15) is 86.0 Å². The van der Waals surface area contributed by atoms with Gasteiger partial charge in [-0.15, -0.1) is 0 Å². The summed E-state index contributed by atoms with van der Waals surface area (Å²) < 4.78 is 0. The molecule has 0 atom stereocenters. The molecule has 0 spiro atoms. The molecule has 0 aromatic rings. The topological polar surface area (TPSA) is 0 Å². The van der Waals surface area contributed by atoms with Gasteiger partial charge in [0.25, 0.3) is 0 Å². The summed E-state index contributed by atoms with van der Waals surface area (Å²) in [6, 6.07) is 0. The molecule has 0 aliphatic rings. The average molecular weight is 212 g/mol. The zero-order valence-electron chi connectivity index (χ0n) is 11.7. The molecule has 0 unspecified atom stereocenters. The summed E-state index contributed by atoms with van der Waals surface area (Å²) >= 11 is 0. The maximum Gasteiger partial charge on any atom is -0.0298 e. The largest absolute Gasteiger partial charge is 0.0654 e. The first-order valence-electron chi connectivity index (χ1n) is 7.14. The van der Waals surface area contributed by atoms with E-state index in [1.54, 1.807) is 0 Å². The third-order valence-electron chi connectivity index (χ3n) is 4.17. The van der Waals surface area contributed by atoms with Gasteiger partial charge in [0.05, 0.1) is 0 Å². The van der Waals surface area contributed by atoms with Crippen LogP contribution < -0.4 is 0 Å². The van der Waals surface area contributed by atoms with Crippen LogP contribution >= 0.6 is 0 Å². The third-order valence-corrected chi connectivity index (χ3v) is 4.17. The Kier molecular flexibility index (Phi) is 8.19. The van der Waals surface area contributed by atoms with E-state index in [1.807, 2.05) is 0 Å². The Morgan fingerprint density at radius 1 is 0.800 bits per heavy atom. The minimum atomic E-state index is 0.621. The van der Waals surface area contributed by atoms with Gasteiger partial charge in [-0.1, -0.05) is 73.1 Å². The molecule has 0 aliphatic heterocycles. The molecule has 0 radical (unpaired) electrons. The van der Waals surface area contributed by atoms with Crippen LogP contribution in [0.3, 0.4) is 0 Å². The van der Waals surface area contributed by atoms with Crippen LogP contribution in [0.25, 0.3) is 0 Å². The number of rotatable bonds is 9. The Labute approximate surface area is 97.8 Å². The van der Waals surface area contributed by atoms with Crippen molar-refractivity contribution in [3.05, 3.63) is 0 Å². The highest BCUT2D eigenvalue weighted by molar-refractivity contribution is 4.81. The van der Waals surface area contributed by atoms with E-state index in [2.05, 4.69) is 34.6 Å². The Balaban J connectivity index is 4.35. The van der Waals surface area contributed by atoms with Crippen LogP contribution in [-0.4, -0.2) is 0 Å². The zero-order chi connectivity index (χ0) is 11.7. The van der Waals surface area contributed by atoms with Crippen LogP contribution in [0.4, 0.5) is 0 Å². The summed E-state index contributed by atoms with van der Waals surface area (Å²) in [7, 11) is 0. The van der Waals surface area contributed by atoms with Gasteiger partial charge in [0, 0.05) is 0 Å². The maximum absolute atomic E-state index is 2.54. The van der Waals surface area contributed by atoms with Crippen molar-refractivity contribution in [1.29, 1.82) is 0 Å². The predicted molar refractivity (Wildman–Crippen MR) is 71.2 cm³/mol. The van der Waals surface area contributed by atoms with Crippen LogP contribution in [0, 0.1) is 11.3 Å². The second-order valence-corrected chi connectivity index (χ2v) is 5.37. The highest BCUT2D eigenvalue weighted by atomic mass is 14.4. The lowest BCUT2D eigenvalue weighted by atomic mass is 9.68. The van der Waals surface area contributed by atoms with E-state index < -0.39 is 0 Å². The van der Waals surface area contributed by atoms with Gasteiger partial charge in [-0.05, 0) is 24.2 Å². The summed E-state index contributed by atoms with van der Waals surface area (Å²) in [5.41, 5.74) is 0.621. The summed E-state index contributed by atoms with van der Waals surface area (Å²) in [6.45, 7) is 11.9. The fourth-order valence-corrected chi connectivity index (χ4v) is 2.97. The van der Waals surface area contributed by atoms with Crippen molar-refractivity contribution >= 4 is 0 Å². The molecule has 0 aromatic carbocycles. The molecule has 0 amide bonds. The first-order chi connectivity index (χ1) is 7.14. The van der Waals surface area contributed by atoms with Crippen molar-refractivity contribution in [3.8, 4) is 0 Å². The van der Waals surface area contributed by atoms with Gasteiger partial charge in [-0.25, -0.2) is 0 Å². The zero-order valence-corrected chi connectivity index (χ0v) is 11.7. The quantitative estimate of drug-likeness (QED) is 0.452. The molecule has 0 aliphatic carbocycles. The fourth-order valence-electron chi connectivity index (χ4n) is 2.97. The maximum atomic E-state index is 2.54. The number of hydrogen-bond acceptors (Lipinski definition) is 0. The lowest BCUT2D eigenvalue weighted by Crippen LogP contribution is -2.26. The highest BCUT2D eigenvalue weighted by Gasteiger charge is 2.30. The van der Waals surface area contributed by atoms with Gasteiger partial charge >= 0.3 is 0 Å². The van der Waals surface area contributed by atoms with Gasteiger partial charge in [0.2, 0.25) is 0 Å². The first kappa shape index (κ1) is 15.0. The molecule has 15 heavy (non-hydrogen) atoms. The lowest BCUT2D eigenvalue weighted by molar-refractivity contribution is 0.135. The minimum Gasteiger partial charge on any atom is -0.0654 e. The van der Waals surface area contributed by atoms with Gasteiger partial charge < -0.3 is 0 Å². The van der Waals surface area contributed by atoms with Crippen molar-refractivity contribution in [3.63, 3.8) is 0 Å². The molecule has 0 heteroatoms. The lowest BCUT2D eigenvalue weighted by Gasteiger charge is -2.37. The molecule has 0 rings (SSSR count). The smallest absolute Gasteiger partial charge is 0.0298 e. The number of hydrogen-bond donors (Lipinski definition) is 0. The van der Waals surface area contributed by atoms with E-state index in [1.165, 1.54) is 51.4 Å². The van der Waals surface area contributed by atoms with Crippen LogP contribution in [0.5, 0.6) is 0 Å². The van der Waals surface area contributed by atoms with Crippen LogP contribution in [0.2, 0.25) is 0 Å². The van der Waals surface area contributed by atoms with Crippen LogP contribution in [0.15, 0.2) is 0 Å². The van der Waals surface area contributed by atoms with E-state index in [9.17, 15) is 0 Å². The normalized spacial score (nSPS) is 12.4. The summed E-state index contributed by atoms with van der Waals surface area (Å²) in [5, 5.41) is 0. The molecule has 0 heterocycles. The third kappa shape index (κ3) is 5.04. The monoisotopic (exact) mass is 212 g/mol. The van der Waals surface area contributed by atoms with Gasteiger partial charge in [0.15, 0.2) is 0 Å². The van der Waals surface area contributed by atoms with E-state index in [4.69, 9.17) is 0 Å². The Hall–Kier alpha value is 0. The van der Waals surface area contributed by atoms with E-state index in [0.717, 1.165) is 5.92 Å². The van der Waals surface area contributed by atoms with E-state index in [-0.39, 0.29) is 0 Å². The van der Waals surface area contributed by atoms with E-state index in [0.29, 0.717) is 5.41 Å². The van der Waals surface area contributed by atoms with Crippen molar-refractivity contribution in [1.82, 2.24) is 0 Å². The molecule has 0 bridgehead atoms. The molecule has 0 saturated heterocycles. The second-order valence-electron chi connectivity index (χ2n) is 5.37. The number of unbranched alkanes of at least 4 members (excludes halogenated alkanes) is 2. The van der Waals surface area contributed by atoms with Crippen molar-refractivity contribution < 1.29 is 0 Å². The van der Waals surface area contributed by atoms with Crippen molar-refractivity contribution in [2.75, 3.05) is 0 Å². The second kappa shape index (κ2) is 8.19. The molecule has 0 nitrogen and oxygen atoms in total. The summed E-state index contributed by atoms with van der Waals surface area (Å²) in [5.74, 6) is 0.940. The first-order valence-corrected chi connectivity index (χ1v) is 7.14. The predicted octanol–water partition coefficient (Wildman–Crippen LogP) is 5.81. The SMILES string of the molecule is CCCCC(C)(CCCC)C(CC)CC. The molecule has 0 N–H and O–H groups in total. The Morgan fingerprint density at radius 3 is 1.47 bits per heavy atom.